The average molecular weight is 383 g/mol. The zero-order valence-corrected chi connectivity index (χ0v) is 16.5. The molecule has 0 saturated carbocycles. The molecule has 0 bridgehead atoms. The molecule has 0 atom stereocenters. The minimum Gasteiger partial charge on any atom is -0.491 e. The minimum atomic E-state index is 0.619. The number of fused-ring (bicyclic) bond motifs is 2. The summed E-state index contributed by atoms with van der Waals surface area (Å²) in [6, 6.07) is 17.1. The Balaban J connectivity index is 1.11. The van der Waals surface area contributed by atoms with Crippen LogP contribution < -0.4 is 4.74 Å². The second kappa shape index (κ2) is 8.08. The standard InChI is InChI=1S/C25H25N3O/c1-2-7-19-15-20(14-18(19)6-1)21-16-22(28-17-21)8-3-4-13-29-24-10-5-9-23-25(24)27-12-11-26-23/h1-2,5-7,9-12,16-17,20,28H,3-4,8,13-15H2. The summed E-state index contributed by atoms with van der Waals surface area (Å²) in [4.78, 5) is 12.2. The maximum Gasteiger partial charge on any atom is 0.147 e. The predicted molar refractivity (Wildman–Crippen MR) is 115 cm³/mol. The zero-order chi connectivity index (χ0) is 19.5. The molecule has 0 fully saturated rings. The SMILES string of the molecule is c1ccc2c(c1)CC(c1c[nH]c(CCCCOc3cccc4nccnc34)c1)C2. The number of hydrogen-bond donors (Lipinski definition) is 1. The second-order valence-electron chi connectivity index (χ2n) is 7.82. The normalized spacial score (nSPS) is 13.7. The smallest absolute Gasteiger partial charge is 0.147 e. The Morgan fingerprint density at radius 2 is 1.76 bits per heavy atom. The molecule has 1 N–H and O–H groups in total. The van der Waals surface area contributed by atoms with Crippen LogP contribution in [0.15, 0.2) is 67.1 Å². The van der Waals surface area contributed by atoms with E-state index in [2.05, 4.69) is 51.5 Å². The summed E-state index contributed by atoms with van der Waals surface area (Å²) in [6.45, 7) is 0.696. The summed E-state index contributed by atoms with van der Waals surface area (Å²) < 4.78 is 5.97. The fraction of sp³-hybridized carbons (Fsp3) is 0.280. The Hall–Kier alpha value is -3.14. The van der Waals surface area contributed by atoms with Gasteiger partial charge >= 0.3 is 0 Å². The molecule has 29 heavy (non-hydrogen) atoms. The summed E-state index contributed by atoms with van der Waals surface area (Å²) in [5.74, 6) is 1.44. The molecule has 0 aliphatic heterocycles. The van der Waals surface area contributed by atoms with Crippen LogP contribution in [0.3, 0.4) is 0 Å². The van der Waals surface area contributed by atoms with Gasteiger partial charge in [-0.2, -0.15) is 0 Å². The number of H-pyrrole nitrogens is 1. The van der Waals surface area contributed by atoms with Crippen molar-refractivity contribution in [1.29, 1.82) is 0 Å². The molecule has 0 unspecified atom stereocenters. The van der Waals surface area contributed by atoms with Gasteiger partial charge in [-0.25, -0.2) is 4.98 Å². The molecule has 0 amide bonds. The molecule has 1 aliphatic rings. The Morgan fingerprint density at radius 1 is 0.931 bits per heavy atom. The Kier molecular flexibility index (Phi) is 4.99. The first-order chi connectivity index (χ1) is 14.4. The Morgan fingerprint density at radius 3 is 2.62 bits per heavy atom. The number of aromatic amines is 1. The number of hydrogen-bond acceptors (Lipinski definition) is 3. The number of unbranched alkanes of at least 4 members (excludes halogenated alkanes) is 1. The quantitative estimate of drug-likeness (QED) is 0.444. The van der Waals surface area contributed by atoms with E-state index in [1.807, 2.05) is 18.2 Å². The van der Waals surface area contributed by atoms with E-state index >= 15 is 0 Å². The third-order valence-electron chi connectivity index (χ3n) is 5.85. The van der Waals surface area contributed by atoms with Gasteiger partial charge < -0.3 is 9.72 Å². The largest absolute Gasteiger partial charge is 0.491 e. The lowest BCUT2D eigenvalue weighted by Crippen LogP contribution is -2.00. The maximum absolute atomic E-state index is 5.97. The molecular weight excluding hydrogens is 358 g/mol. The molecule has 2 aromatic carbocycles. The van der Waals surface area contributed by atoms with Crippen LogP contribution in [0, 0.1) is 0 Å². The van der Waals surface area contributed by atoms with E-state index in [0.717, 1.165) is 48.9 Å². The van der Waals surface area contributed by atoms with Gasteiger partial charge in [0.15, 0.2) is 0 Å². The summed E-state index contributed by atoms with van der Waals surface area (Å²) in [5.41, 5.74) is 7.50. The fourth-order valence-corrected chi connectivity index (χ4v) is 4.32. The number of para-hydroxylation sites is 1. The molecular formula is C25H25N3O. The van der Waals surface area contributed by atoms with Crippen LogP contribution in [0.5, 0.6) is 5.75 Å². The van der Waals surface area contributed by atoms with Crippen molar-refractivity contribution in [2.75, 3.05) is 6.61 Å². The van der Waals surface area contributed by atoms with Gasteiger partial charge in [0.05, 0.1) is 12.1 Å². The van der Waals surface area contributed by atoms with Gasteiger partial charge in [-0.05, 0) is 72.9 Å². The van der Waals surface area contributed by atoms with E-state index < -0.39 is 0 Å². The number of nitrogens with zero attached hydrogens (tertiary/aromatic N) is 2. The lowest BCUT2D eigenvalue weighted by Gasteiger charge is -2.08. The molecule has 1 aliphatic carbocycles. The van der Waals surface area contributed by atoms with Gasteiger partial charge in [0.1, 0.15) is 11.3 Å². The van der Waals surface area contributed by atoms with E-state index in [1.165, 1.54) is 22.4 Å². The predicted octanol–water partition coefficient (Wildman–Crippen LogP) is 5.24. The lowest BCUT2D eigenvalue weighted by atomic mass is 9.98. The lowest BCUT2D eigenvalue weighted by molar-refractivity contribution is 0.309. The molecule has 2 aromatic heterocycles. The number of nitrogens with one attached hydrogen (secondary N) is 1. The molecule has 4 heteroatoms. The molecule has 146 valence electrons. The topological polar surface area (TPSA) is 50.8 Å². The van der Waals surface area contributed by atoms with E-state index in [9.17, 15) is 0 Å². The summed E-state index contributed by atoms with van der Waals surface area (Å²) in [5, 5.41) is 0. The second-order valence-corrected chi connectivity index (χ2v) is 7.82. The average Bonchev–Trinajstić information content (AvgIpc) is 3.40. The highest BCUT2D eigenvalue weighted by atomic mass is 16.5. The minimum absolute atomic E-state index is 0.619. The van der Waals surface area contributed by atoms with Gasteiger partial charge in [-0.3, -0.25) is 4.98 Å². The highest BCUT2D eigenvalue weighted by Gasteiger charge is 2.23. The van der Waals surface area contributed by atoms with Crippen LogP contribution in [0.4, 0.5) is 0 Å². The number of ether oxygens (including phenoxy) is 1. The number of rotatable bonds is 7. The van der Waals surface area contributed by atoms with Crippen LogP contribution in [0.2, 0.25) is 0 Å². The van der Waals surface area contributed by atoms with Crippen molar-refractivity contribution in [3.8, 4) is 5.75 Å². The summed E-state index contributed by atoms with van der Waals surface area (Å²) >= 11 is 0. The van der Waals surface area contributed by atoms with Gasteiger partial charge in [0.2, 0.25) is 0 Å². The molecule has 4 aromatic rings. The van der Waals surface area contributed by atoms with Gasteiger partial charge in [-0.15, -0.1) is 0 Å². The molecule has 4 nitrogen and oxygen atoms in total. The molecule has 5 rings (SSSR count). The van der Waals surface area contributed by atoms with Gasteiger partial charge in [-0.1, -0.05) is 30.3 Å². The summed E-state index contributed by atoms with van der Waals surface area (Å²) in [7, 11) is 0. The van der Waals surface area contributed by atoms with Crippen molar-refractivity contribution in [1.82, 2.24) is 15.0 Å². The fourth-order valence-electron chi connectivity index (χ4n) is 4.32. The zero-order valence-electron chi connectivity index (χ0n) is 16.5. The van der Waals surface area contributed by atoms with E-state index in [-0.39, 0.29) is 0 Å². The first kappa shape index (κ1) is 17.9. The van der Waals surface area contributed by atoms with Crippen LogP contribution in [-0.2, 0) is 19.3 Å². The first-order valence-electron chi connectivity index (χ1n) is 10.4. The van der Waals surface area contributed by atoms with Crippen LogP contribution in [0.25, 0.3) is 11.0 Å². The number of aromatic nitrogens is 3. The number of aryl methyl sites for hydroxylation is 1. The Bertz CT molecular complexity index is 1090. The molecule has 0 spiro atoms. The summed E-state index contributed by atoms with van der Waals surface area (Å²) in [6.07, 6.45) is 11.1. The van der Waals surface area contributed by atoms with E-state index in [0.29, 0.717) is 12.5 Å². The van der Waals surface area contributed by atoms with Crippen molar-refractivity contribution in [2.45, 2.75) is 38.0 Å². The number of benzene rings is 2. The van der Waals surface area contributed by atoms with Gasteiger partial charge in [0, 0.05) is 24.3 Å². The van der Waals surface area contributed by atoms with E-state index in [4.69, 9.17) is 4.74 Å². The van der Waals surface area contributed by atoms with Crippen LogP contribution in [0.1, 0.15) is 41.1 Å². The monoisotopic (exact) mass is 383 g/mol. The van der Waals surface area contributed by atoms with Crippen molar-refractivity contribution < 1.29 is 4.74 Å². The van der Waals surface area contributed by atoms with Crippen LogP contribution >= 0.6 is 0 Å². The molecule has 2 heterocycles. The Labute approximate surface area is 171 Å². The highest BCUT2D eigenvalue weighted by molar-refractivity contribution is 5.80. The highest BCUT2D eigenvalue weighted by Crippen LogP contribution is 2.34. The van der Waals surface area contributed by atoms with Crippen molar-refractivity contribution >= 4 is 11.0 Å². The van der Waals surface area contributed by atoms with Crippen molar-refractivity contribution in [2.24, 2.45) is 0 Å². The van der Waals surface area contributed by atoms with Crippen LogP contribution in [-0.4, -0.2) is 21.6 Å². The first-order valence-corrected chi connectivity index (χ1v) is 10.4. The third kappa shape index (κ3) is 3.88. The van der Waals surface area contributed by atoms with Gasteiger partial charge in [0.25, 0.3) is 0 Å². The third-order valence-corrected chi connectivity index (χ3v) is 5.85. The van der Waals surface area contributed by atoms with Crippen molar-refractivity contribution in [3.05, 3.63) is 89.5 Å². The van der Waals surface area contributed by atoms with Crippen molar-refractivity contribution in [3.63, 3.8) is 0 Å². The molecule has 0 radical (unpaired) electrons. The molecule has 0 saturated heterocycles. The van der Waals surface area contributed by atoms with E-state index in [1.54, 1.807) is 12.4 Å². The maximum atomic E-state index is 5.97.